The number of rotatable bonds is 5. The zero-order chi connectivity index (χ0) is 20.2. The quantitative estimate of drug-likeness (QED) is 0.367. The molecule has 4 aromatic rings. The van der Waals surface area contributed by atoms with E-state index in [1.807, 2.05) is 72.9 Å². The van der Waals surface area contributed by atoms with Crippen LogP contribution in [-0.2, 0) is 9.53 Å². The van der Waals surface area contributed by atoms with E-state index in [-0.39, 0.29) is 0 Å². The molecular weight excluding hydrogens is 366 g/mol. The first-order valence-electron chi connectivity index (χ1n) is 9.06. The highest BCUT2D eigenvalue weighted by molar-refractivity contribution is 5.89. The van der Waals surface area contributed by atoms with Crippen molar-refractivity contribution in [3.8, 4) is 23.2 Å². The molecule has 0 aliphatic carbocycles. The highest BCUT2D eigenvalue weighted by Crippen LogP contribution is 2.30. The number of nitrogens with zero attached hydrogens (tertiary/aromatic N) is 3. The SMILES string of the molecule is C[C@H](C#N)OC(=O)/C=C/c1cn(-c2ccccc2)nc1-c1cc2ccccc2o1. The average Bonchev–Trinajstić information content (AvgIpc) is 3.36. The van der Waals surface area contributed by atoms with E-state index >= 15 is 0 Å². The molecule has 2 aromatic heterocycles. The van der Waals surface area contributed by atoms with E-state index in [0.29, 0.717) is 17.0 Å². The smallest absolute Gasteiger partial charge is 0.332 e. The van der Waals surface area contributed by atoms with Gasteiger partial charge in [-0.15, -0.1) is 0 Å². The number of ether oxygens (including phenoxy) is 1. The van der Waals surface area contributed by atoms with Crippen molar-refractivity contribution in [2.75, 3.05) is 0 Å². The van der Waals surface area contributed by atoms with Crippen LogP contribution < -0.4 is 0 Å². The molecule has 0 N–H and O–H groups in total. The second-order valence-electron chi connectivity index (χ2n) is 6.40. The van der Waals surface area contributed by atoms with Gasteiger partial charge < -0.3 is 9.15 Å². The predicted octanol–water partition coefficient (Wildman–Crippen LogP) is 4.75. The van der Waals surface area contributed by atoms with Crippen molar-refractivity contribution < 1.29 is 13.9 Å². The molecule has 142 valence electrons. The van der Waals surface area contributed by atoms with Crippen LogP contribution in [0.5, 0.6) is 0 Å². The fourth-order valence-corrected chi connectivity index (χ4v) is 2.91. The molecule has 0 radical (unpaired) electrons. The summed E-state index contributed by atoms with van der Waals surface area (Å²) < 4.78 is 12.7. The minimum atomic E-state index is -0.811. The van der Waals surface area contributed by atoms with E-state index in [2.05, 4.69) is 5.10 Å². The van der Waals surface area contributed by atoms with Crippen LogP contribution in [0.25, 0.3) is 34.2 Å². The first kappa shape index (κ1) is 18.3. The summed E-state index contributed by atoms with van der Waals surface area (Å²) in [4.78, 5) is 11.9. The largest absolute Gasteiger partial charge is 0.454 e. The van der Waals surface area contributed by atoms with Gasteiger partial charge in [-0.1, -0.05) is 36.4 Å². The second-order valence-corrected chi connectivity index (χ2v) is 6.40. The van der Waals surface area contributed by atoms with Crippen LogP contribution in [0.4, 0.5) is 0 Å². The highest BCUT2D eigenvalue weighted by Gasteiger charge is 2.15. The third-order valence-corrected chi connectivity index (χ3v) is 4.30. The van der Waals surface area contributed by atoms with E-state index < -0.39 is 12.1 Å². The third kappa shape index (κ3) is 3.94. The molecule has 0 amide bonds. The van der Waals surface area contributed by atoms with Crippen molar-refractivity contribution in [2.24, 2.45) is 0 Å². The van der Waals surface area contributed by atoms with Gasteiger partial charge in [0.2, 0.25) is 0 Å². The Kier molecular flexibility index (Phi) is 4.95. The van der Waals surface area contributed by atoms with Crippen LogP contribution in [0.2, 0.25) is 0 Å². The molecule has 0 unspecified atom stereocenters. The van der Waals surface area contributed by atoms with Gasteiger partial charge in [0.15, 0.2) is 11.9 Å². The van der Waals surface area contributed by atoms with Crippen LogP contribution in [0.1, 0.15) is 12.5 Å². The lowest BCUT2D eigenvalue weighted by atomic mass is 10.2. The average molecular weight is 383 g/mol. The van der Waals surface area contributed by atoms with E-state index in [0.717, 1.165) is 16.7 Å². The highest BCUT2D eigenvalue weighted by atomic mass is 16.5. The van der Waals surface area contributed by atoms with Crippen molar-refractivity contribution in [2.45, 2.75) is 13.0 Å². The monoisotopic (exact) mass is 383 g/mol. The topological polar surface area (TPSA) is 81.0 Å². The molecule has 4 rings (SSSR count). The van der Waals surface area contributed by atoms with Gasteiger partial charge in [0.25, 0.3) is 0 Å². The molecular formula is C23H17N3O3. The van der Waals surface area contributed by atoms with Gasteiger partial charge in [-0.3, -0.25) is 0 Å². The number of hydrogen-bond acceptors (Lipinski definition) is 5. The van der Waals surface area contributed by atoms with Crippen LogP contribution in [0, 0.1) is 11.3 Å². The standard InChI is InChI=1S/C23H17N3O3/c1-16(14-24)28-22(27)12-11-18-15-26(19-8-3-2-4-9-19)25-23(18)21-13-17-7-5-6-10-20(17)29-21/h2-13,15-16H,1H3/b12-11+/t16-/m1/s1. The summed E-state index contributed by atoms with van der Waals surface area (Å²) in [7, 11) is 0. The van der Waals surface area contributed by atoms with Gasteiger partial charge in [-0.25, -0.2) is 9.48 Å². The maximum Gasteiger partial charge on any atom is 0.332 e. The first-order valence-corrected chi connectivity index (χ1v) is 9.06. The molecule has 6 heteroatoms. The summed E-state index contributed by atoms with van der Waals surface area (Å²) >= 11 is 0. The minimum Gasteiger partial charge on any atom is -0.454 e. The summed E-state index contributed by atoms with van der Waals surface area (Å²) in [5, 5.41) is 14.4. The van der Waals surface area contributed by atoms with Crippen molar-refractivity contribution in [1.82, 2.24) is 9.78 Å². The number of carbonyl (C=O) groups excluding carboxylic acids is 1. The summed E-state index contributed by atoms with van der Waals surface area (Å²) in [6.45, 7) is 1.51. The van der Waals surface area contributed by atoms with Crippen molar-refractivity contribution >= 4 is 23.0 Å². The van der Waals surface area contributed by atoms with Gasteiger partial charge in [-0.2, -0.15) is 10.4 Å². The summed E-state index contributed by atoms with van der Waals surface area (Å²) in [5.74, 6) is 0.00126. The summed E-state index contributed by atoms with van der Waals surface area (Å²) in [5.41, 5.74) is 2.93. The molecule has 2 heterocycles. The zero-order valence-electron chi connectivity index (χ0n) is 15.6. The Bertz CT molecular complexity index is 1200. The molecule has 29 heavy (non-hydrogen) atoms. The normalized spacial score (nSPS) is 12.1. The number of nitriles is 1. The molecule has 0 bridgehead atoms. The maximum atomic E-state index is 11.9. The molecule has 0 fully saturated rings. The van der Waals surface area contributed by atoms with Gasteiger partial charge in [0, 0.05) is 23.2 Å². The second kappa shape index (κ2) is 7.87. The lowest BCUT2D eigenvalue weighted by molar-refractivity contribution is -0.139. The van der Waals surface area contributed by atoms with Crippen LogP contribution in [0.15, 0.2) is 77.4 Å². The van der Waals surface area contributed by atoms with Crippen LogP contribution >= 0.6 is 0 Å². The fraction of sp³-hybridized carbons (Fsp3) is 0.0870. The Morgan fingerprint density at radius 1 is 1.21 bits per heavy atom. The minimum absolute atomic E-state index is 0.595. The van der Waals surface area contributed by atoms with Crippen LogP contribution in [0.3, 0.4) is 0 Å². The maximum absolute atomic E-state index is 11.9. The number of esters is 1. The molecule has 1 atom stereocenters. The Morgan fingerprint density at radius 3 is 2.72 bits per heavy atom. The zero-order valence-corrected chi connectivity index (χ0v) is 15.6. The Balaban J connectivity index is 1.75. The lowest BCUT2D eigenvalue weighted by Crippen LogP contribution is -2.10. The number of carbonyl (C=O) groups is 1. The van der Waals surface area contributed by atoms with E-state index in [1.54, 1.807) is 10.8 Å². The fourth-order valence-electron chi connectivity index (χ4n) is 2.91. The lowest BCUT2D eigenvalue weighted by Gasteiger charge is -2.01. The van der Waals surface area contributed by atoms with Gasteiger partial charge in [0.05, 0.1) is 5.69 Å². The predicted molar refractivity (Wildman–Crippen MR) is 109 cm³/mol. The molecule has 0 saturated heterocycles. The van der Waals surface area contributed by atoms with Crippen molar-refractivity contribution in [3.05, 3.63) is 78.5 Å². The Labute approximate surface area is 167 Å². The number of furan rings is 1. The molecule has 2 aromatic carbocycles. The van der Waals surface area contributed by atoms with Crippen LogP contribution in [-0.4, -0.2) is 21.9 Å². The number of para-hydroxylation sites is 2. The molecule has 0 saturated carbocycles. The number of hydrogen-bond donors (Lipinski definition) is 0. The van der Waals surface area contributed by atoms with Crippen molar-refractivity contribution in [3.63, 3.8) is 0 Å². The van der Waals surface area contributed by atoms with Gasteiger partial charge in [-0.05, 0) is 37.3 Å². The van der Waals surface area contributed by atoms with Gasteiger partial charge >= 0.3 is 5.97 Å². The van der Waals surface area contributed by atoms with E-state index in [1.165, 1.54) is 13.0 Å². The molecule has 0 aliphatic heterocycles. The molecule has 0 spiro atoms. The number of aromatic nitrogens is 2. The Hall–Kier alpha value is -4.11. The third-order valence-electron chi connectivity index (χ3n) is 4.30. The summed E-state index contributed by atoms with van der Waals surface area (Å²) in [6.07, 6.45) is 3.90. The van der Waals surface area contributed by atoms with E-state index in [4.69, 9.17) is 14.4 Å². The van der Waals surface area contributed by atoms with E-state index in [9.17, 15) is 4.79 Å². The first-order chi connectivity index (χ1) is 14.1. The number of benzene rings is 2. The Morgan fingerprint density at radius 2 is 1.97 bits per heavy atom. The van der Waals surface area contributed by atoms with Gasteiger partial charge in [0.1, 0.15) is 17.3 Å². The summed E-state index contributed by atoms with van der Waals surface area (Å²) in [6, 6.07) is 21.1. The van der Waals surface area contributed by atoms with Crippen molar-refractivity contribution in [1.29, 1.82) is 5.26 Å². The number of fused-ring (bicyclic) bond motifs is 1. The molecule has 6 nitrogen and oxygen atoms in total. The molecule has 0 aliphatic rings.